The van der Waals surface area contributed by atoms with Crippen LogP contribution in [0.25, 0.3) is 21.3 Å². The number of carbonyl (C=O) groups excluding carboxylic acids is 1. The number of para-hydroxylation sites is 1. The van der Waals surface area contributed by atoms with Crippen LogP contribution in [0.4, 0.5) is 0 Å². The van der Waals surface area contributed by atoms with Crippen LogP contribution < -0.4 is 0 Å². The van der Waals surface area contributed by atoms with E-state index in [1.54, 1.807) is 6.20 Å². The molecule has 21 heavy (non-hydrogen) atoms. The predicted molar refractivity (Wildman–Crippen MR) is 79.3 cm³/mol. The number of aromatic nitrogens is 1. The van der Waals surface area contributed by atoms with Gasteiger partial charge in [0, 0.05) is 42.5 Å². The summed E-state index contributed by atoms with van der Waals surface area (Å²) in [6.07, 6.45) is 2.23. The summed E-state index contributed by atoms with van der Waals surface area (Å²) in [5.41, 5.74) is 10.4. The van der Waals surface area contributed by atoms with E-state index < -0.39 is 0 Å². The van der Waals surface area contributed by atoms with Crippen molar-refractivity contribution < 1.29 is 4.79 Å². The summed E-state index contributed by atoms with van der Waals surface area (Å²) in [6.45, 7) is 1.61. The van der Waals surface area contributed by atoms with Gasteiger partial charge in [0.05, 0.1) is 5.52 Å². The van der Waals surface area contributed by atoms with Gasteiger partial charge in [-0.1, -0.05) is 23.3 Å². The largest absolute Gasteiger partial charge is 0.338 e. The van der Waals surface area contributed by atoms with Crippen molar-refractivity contribution >= 4 is 16.8 Å². The average molecular weight is 281 g/mol. The number of fused-ring (bicyclic) bond motifs is 1. The molecule has 106 valence electrons. The van der Waals surface area contributed by atoms with Gasteiger partial charge in [0.1, 0.15) is 0 Å². The van der Waals surface area contributed by atoms with E-state index in [2.05, 4.69) is 15.0 Å². The molecule has 1 saturated heterocycles. The van der Waals surface area contributed by atoms with Gasteiger partial charge in [-0.15, -0.1) is 0 Å². The molecule has 6 nitrogen and oxygen atoms in total. The molecular weight excluding hydrogens is 266 g/mol. The first-order valence-corrected chi connectivity index (χ1v) is 6.89. The van der Waals surface area contributed by atoms with Crippen molar-refractivity contribution in [3.8, 4) is 0 Å². The second-order valence-electron chi connectivity index (χ2n) is 5.25. The van der Waals surface area contributed by atoms with E-state index in [1.807, 2.05) is 35.2 Å². The van der Waals surface area contributed by atoms with Crippen LogP contribution in [0.2, 0.25) is 0 Å². The molecule has 1 atom stereocenters. The number of azide groups is 1. The summed E-state index contributed by atoms with van der Waals surface area (Å²) in [5.74, 6) is 0.246. The maximum absolute atomic E-state index is 12.1. The van der Waals surface area contributed by atoms with E-state index in [0.29, 0.717) is 26.1 Å². The van der Waals surface area contributed by atoms with Crippen molar-refractivity contribution in [1.29, 1.82) is 0 Å². The number of nitrogens with zero attached hydrogens (tertiary/aromatic N) is 5. The summed E-state index contributed by atoms with van der Waals surface area (Å²) in [4.78, 5) is 21.0. The Hall–Kier alpha value is -2.59. The van der Waals surface area contributed by atoms with Crippen molar-refractivity contribution in [1.82, 2.24) is 9.88 Å². The third kappa shape index (κ3) is 2.80. The molecule has 0 bridgehead atoms. The molecule has 0 N–H and O–H groups in total. The minimum absolute atomic E-state index is 0.119. The fourth-order valence-corrected chi connectivity index (χ4v) is 2.78. The Balaban J connectivity index is 1.79. The summed E-state index contributed by atoms with van der Waals surface area (Å²) < 4.78 is 0. The van der Waals surface area contributed by atoms with Crippen molar-refractivity contribution in [2.45, 2.75) is 13.0 Å². The molecule has 1 unspecified atom stereocenters. The van der Waals surface area contributed by atoms with Crippen LogP contribution in [0.3, 0.4) is 0 Å². The van der Waals surface area contributed by atoms with Gasteiger partial charge >= 0.3 is 0 Å². The SMILES string of the molecule is [N-]=[N+]=NCC1CC(=O)N(Cc2ccnc3ccccc23)C1. The third-order valence-electron chi connectivity index (χ3n) is 3.80. The normalized spacial score (nSPS) is 18.0. The zero-order valence-corrected chi connectivity index (χ0v) is 11.5. The maximum atomic E-state index is 12.1. The molecule has 0 spiro atoms. The Morgan fingerprint density at radius 2 is 2.24 bits per heavy atom. The van der Waals surface area contributed by atoms with Gasteiger partial charge in [-0.2, -0.15) is 0 Å². The Kier molecular flexibility index (Phi) is 3.71. The van der Waals surface area contributed by atoms with E-state index >= 15 is 0 Å². The van der Waals surface area contributed by atoms with Crippen molar-refractivity contribution in [3.05, 3.63) is 52.5 Å². The summed E-state index contributed by atoms with van der Waals surface area (Å²) in [7, 11) is 0. The molecule has 1 aromatic carbocycles. The molecule has 1 fully saturated rings. The Morgan fingerprint density at radius 1 is 1.38 bits per heavy atom. The molecule has 1 aliphatic heterocycles. The number of carbonyl (C=O) groups is 1. The van der Waals surface area contributed by atoms with Gasteiger partial charge < -0.3 is 4.90 Å². The first-order valence-electron chi connectivity index (χ1n) is 6.89. The van der Waals surface area contributed by atoms with Crippen LogP contribution >= 0.6 is 0 Å². The standard InChI is InChI=1S/C15H15N5O/c16-19-18-8-11-7-15(21)20(9-11)10-12-5-6-17-14-4-2-1-3-13(12)14/h1-6,11H,7-10H2. The molecule has 0 radical (unpaired) electrons. The topological polar surface area (TPSA) is 82.0 Å². The molecule has 1 aliphatic rings. The summed E-state index contributed by atoms with van der Waals surface area (Å²) in [5, 5.41) is 4.65. The zero-order chi connectivity index (χ0) is 14.7. The lowest BCUT2D eigenvalue weighted by atomic mass is 10.1. The molecule has 2 aromatic rings. The second-order valence-corrected chi connectivity index (χ2v) is 5.25. The summed E-state index contributed by atoms with van der Waals surface area (Å²) in [6, 6.07) is 9.88. The number of benzene rings is 1. The predicted octanol–water partition coefficient (Wildman–Crippen LogP) is 2.89. The Morgan fingerprint density at radius 3 is 3.10 bits per heavy atom. The van der Waals surface area contributed by atoms with Crippen LogP contribution in [0.1, 0.15) is 12.0 Å². The van der Waals surface area contributed by atoms with Gasteiger partial charge in [-0.05, 0) is 29.1 Å². The van der Waals surface area contributed by atoms with E-state index in [1.165, 1.54) is 0 Å². The highest BCUT2D eigenvalue weighted by Crippen LogP contribution is 2.23. The lowest BCUT2D eigenvalue weighted by Gasteiger charge is -2.17. The smallest absolute Gasteiger partial charge is 0.223 e. The van der Waals surface area contributed by atoms with Crippen molar-refractivity contribution in [3.63, 3.8) is 0 Å². The Labute approximate surface area is 122 Å². The maximum Gasteiger partial charge on any atom is 0.223 e. The number of amides is 1. The minimum atomic E-state index is 0.119. The van der Waals surface area contributed by atoms with Gasteiger partial charge in [0.15, 0.2) is 0 Å². The van der Waals surface area contributed by atoms with Crippen LogP contribution in [-0.2, 0) is 11.3 Å². The molecule has 0 aliphatic carbocycles. The quantitative estimate of drug-likeness (QED) is 0.490. The third-order valence-corrected chi connectivity index (χ3v) is 3.80. The lowest BCUT2D eigenvalue weighted by Crippen LogP contribution is -2.25. The van der Waals surface area contributed by atoms with Crippen LogP contribution in [0.15, 0.2) is 41.6 Å². The monoisotopic (exact) mass is 281 g/mol. The highest BCUT2D eigenvalue weighted by atomic mass is 16.2. The molecule has 0 saturated carbocycles. The molecule has 1 aromatic heterocycles. The molecule has 1 amide bonds. The van der Waals surface area contributed by atoms with Gasteiger partial charge in [-0.25, -0.2) is 0 Å². The van der Waals surface area contributed by atoms with Gasteiger partial charge in [0.2, 0.25) is 5.91 Å². The lowest BCUT2D eigenvalue weighted by molar-refractivity contribution is -0.128. The molecule has 2 heterocycles. The highest BCUT2D eigenvalue weighted by Gasteiger charge is 2.29. The Bertz CT molecular complexity index is 718. The first-order chi connectivity index (χ1) is 10.3. The molecule has 6 heteroatoms. The van der Waals surface area contributed by atoms with Crippen LogP contribution in [0, 0.1) is 5.92 Å². The van der Waals surface area contributed by atoms with E-state index in [-0.39, 0.29) is 11.8 Å². The number of pyridine rings is 1. The van der Waals surface area contributed by atoms with E-state index in [9.17, 15) is 4.79 Å². The fourth-order valence-electron chi connectivity index (χ4n) is 2.78. The van der Waals surface area contributed by atoms with E-state index in [4.69, 9.17) is 5.53 Å². The first kappa shape index (κ1) is 13.4. The summed E-state index contributed by atoms with van der Waals surface area (Å²) >= 11 is 0. The van der Waals surface area contributed by atoms with Gasteiger partial charge in [0.25, 0.3) is 0 Å². The molecular formula is C15H15N5O. The highest BCUT2D eigenvalue weighted by molar-refractivity contribution is 5.83. The second kappa shape index (κ2) is 5.81. The number of rotatable bonds is 4. The van der Waals surface area contributed by atoms with E-state index in [0.717, 1.165) is 16.5 Å². The van der Waals surface area contributed by atoms with Crippen LogP contribution in [-0.4, -0.2) is 28.9 Å². The number of hydrogen-bond donors (Lipinski definition) is 0. The van der Waals surface area contributed by atoms with Gasteiger partial charge in [-0.3, -0.25) is 9.78 Å². The average Bonchev–Trinajstić information content (AvgIpc) is 2.86. The zero-order valence-electron chi connectivity index (χ0n) is 11.5. The van der Waals surface area contributed by atoms with Crippen molar-refractivity contribution in [2.75, 3.05) is 13.1 Å². The number of hydrogen-bond acceptors (Lipinski definition) is 3. The fraction of sp³-hybridized carbons (Fsp3) is 0.333. The van der Waals surface area contributed by atoms with Crippen molar-refractivity contribution in [2.24, 2.45) is 11.0 Å². The van der Waals surface area contributed by atoms with Crippen LogP contribution in [0.5, 0.6) is 0 Å². The molecule has 3 rings (SSSR count). The number of likely N-dealkylation sites (tertiary alicyclic amines) is 1. The minimum Gasteiger partial charge on any atom is -0.338 e.